The summed E-state index contributed by atoms with van der Waals surface area (Å²) in [6.45, 7) is 17.6. The molecule has 10 unspecified atom stereocenters. The van der Waals surface area contributed by atoms with Crippen molar-refractivity contribution in [3.63, 3.8) is 0 Å². The second-order valence-corrected chi connectivity index (χ2v) is 42.2. The van der Waals surface area contributed by atoms with Crippen LogP contribution in [0, 0.1) is 75.0 Å². The first-order chi connectivity index (χ1) is 69.8. The van der Waals surface area contributed by atoms with E-state index in [9.17, 15) is 43.5 Å². The van der Waals surface area contributed by atoms with E-state index >= 15 is 0 Å². The smallest absolute Gasteiger partial charge is 0.338 e. The van der Waals surface area contributed by atoms with Crippen molar-refractivity contribution in [2.24, 2.45) is 70.3 Å². The van der Waals surface area contributed by atoms with Crippen molar-refractivity contribution in [3.05, 3.63) is 317 Å². The number of esters is 6. The number of nitrogens with two attached hydrogens (primary N) is 10. The summed E-state index contributed by atoms with van der Waals surface area (Å²) in [6.07, 6.45) is 33.8. The number of carboxylic acid groups (broad SMARTS) is 2. The van der Waals surface area contributed by atoms with E-state index in [0.29, 0.717) is 65.1 Å². The van der Waals surface area contributed by atoms with Crippen molar-refractivity contribution in [3.8, 4) is 0 Å². The largest absolute Gasteiger partial charge is 0.481 e. The van der Waals surface area contributed by atoms with Crippen LogP contribution in [0.1, 0.15) is 274 Å². The zero-order chi connectivity index (χ0) is 106. The van der Waals surface area contributed by atoms with Crippen LogP contribution in [0.25, 0.3) is 0 Å². The van der Waals surface area contributed by atoms with Gasteiger partial charge in [0.1, 0.15) is 0 Å². The van der Waals surface area contributed by atoms with Gasteiger partial charge in [0.25, 0.3) is 0 Å². The number of carboxylic acids is 2. The van der Waals surface area contributed by atoms with Crippen LogP contribution in [0.3, 0.4) is 0 Å². The molecule has 146 heavy (non-hydrogen) atoms. The van der Waals surface area contributed by atoms with E-state index in [2.05, 4.69) is 112 Å². The van der Waals surface area contributed by atoms with Gasteiger partial charge in [0, 0.05) is 58.3 Å². The Morgan fingerprint density at radius 2 is 0.644 bits per heavy atom. The van der Waals surface area contributed by atoms with Crippen LogP contribution < -0.4 is 57.3 Å². The molecule has 10 aromatic carbocycles. The molecule has 0 aromatic heterocycles. The Morgan fingerprint density at radius 1 is 0.301 bits per heavy atom. The van der Waals surface area contributed by atoms with Crippen molar-refractivity contribution in [1.82, 2.24) is 0 Å². The molecule has 2 saturated carbocycles. The van der Waals surface area contributed by atoms with Gasteiger partial charge in [-0.3, -0.25) is 28.8 Å². The maximum absolute atomic E-state index is 12.0. The molecule has 10 aliphatic carbocycles. The number of methoxy groups -OCH3 is 2. The Hall–Kier alpha value is -13.0. The third-order valence-electron chi connectivity index (χ3n) is 30.1. The third kappa shape index (κ3) is 33.0. The number of rotatable bonds is 4. The Kier molecular flexibility index (Phi) is 42.7. The zero-order valence-corrected chi connectivity index (χ0v) is 87.3. The summed E-state index contributed by atoms with van der Waals surface area (Å²) in [7, 11) is 2.68. The van der Waals surface area contributed by atoms with E-state index in [1.54, 1.807) is 48.5 Å². The van der Waals surface area contributed by atoms with Gasteiger partial charge in [0.05, 0.1) is 60.9 Å². The van der Waals surface area contributed by atoms with E-state index in [0.717, 1.165) is 163 Å². The first-order valence-corrected chi connectivity index (χ1v) is 52.5. The fourth-order valence-electron chi connectivity index (χ4n) is 21.6. The minimum atomic E-state index is -1.09. The van der Waals surface area contributed by atoms with Crippen LogP contribution in [0.15, 0.2) is 194 Å². The molecular weight excluding hydrogens is 1830 g/mol. The molecule has 0 amide bonds. The van der Waals surface area contributed by atoms with E-state index in [1.807, 2.05) is 98.8 Å². The van der Waals surface area contributed by atoms with Crippen LogP contribution in [-0.4, -0.2) is 96.4 Å². The number of hydrogen-bond donors (Lipinski definition) is 12. The highest BCUT2D eigenvalue weighted by atomic mass is 16.6. The first kappa shape index (κ1) is 113. The molecule has 12 aliphatic rings. The summed E-state index contributed by atoms with van der Waals surface area (Å²) in [6, 6.07) is 64.9. The van der Waals surface area contributed by atoms with Crippen molar-refractivity contribution in [2.75, 3.05) is 48.6 Å². The standard InChI is InChI=1S/C14H12O5.C13H10O5.C12H15NO2.C11H13NO2.4C11H15N.2C7H15N.2C7H9N/c1-18-13(16)10-8-5-3-2-4-7(8)6-9-11(10)14(17)19-12(9)15;14-11(15)9-7-4-2-1-3-6(7)5-8-10(9)13(17)18-12(8)16;1-15-12(14)11-7-9(13)6-8-4-2-3-5-10(8)11;12-8-5-7-3-1-2-4-9(7)10(6-8)11(13)14;4*1-8-2-3-10-7-11(12)5-4-9(10)6-8;4*1-6-2-4-7(8)5-3-6/h2-5,9-11H,6H2,1H3;1-4,8-10H,5H2,(H,14,15);6-7H,2-5,13H2,1H3;5-6H,1-4,12H2,(H,13,14);2*4-5,7-8H,2-3,6,12H2,1H3;2*2-3,6,11H,4-5,7,12H2,1H3;2*6-7H,2-5,8H2,1H3;2*2-5H,8H2,1H3. The van der Waals surface area contributed by atoms with Crippen molar-refractivity contribution < 1.29 is 67.5 Å². The summed E-state index contributed by atoms with van der Waals surface area (Å²) >= 11 is 0. The molecule has 24 heteroatoms. The molecule has 0 radical (unpaired) electrons. The monoisotopic (exact) mass is 1990 g/mol. The highest BCUT2D eigenvalue weighted by molar-refractivity contribution is 6.02. The maximum atomic E-state index is 12.0. The normalized spacial score (nSPS) is 22.8. The van der Waals surface area contributed by atoms with E-state index < -0.39 is 77.3 Å². The Labute approximate surface area is 863 Å². The quantitative estimate of drug-likeness (QED) is 0.0337. The van der Waals surface area contributed by atoms with E-state index in [-0.39, 0.29) is 5.97 Å². The van der Waals surface area contributed by atoms with Gasteiger partial charge in [0.15, 0.2) is 0 Å². The fourth-order valence-corrected chi connectivity index (χ4v) is 21.6. The van der Waals surface area contributed by atoms with Gasteiger partial charge >= 0.3 is 47.8 Å². The van der Waals surface area contributed by atoms with Crippen molar-refractivity contribution in [1.29, 1.82) is 0 Å². The van der Waals surface area contributed by atoms with Gasteiger partial charge in [-0.05, 0) is 406 Å². The lowest BCUT2D eigenvalue weighted by molar-refractivity contribution is -0.156. The highest BCUT2D eigenvalue weighted by Gasteiger charge is 2.56. The summed E-state index contributed by atoms with van der Waals surface area (Å²) in [5.74, 6) is -6.27. The average Bonchev–Trinajstić information content (AvgIpc) is 1.63. The molecule has 2 heterocycles. The number of aryl methyl sites for hydroxylation is 10. The summed E-state index contributed by atoms with van der Waals surface area (Å²) in [5.41, 5.74) is 87.2. The summed E-state index contributed by atoms with van der Waals surface area (Å²) in [4.78, 5) is 92.6. The van der Waals surface area contributed by atoms with Gasteiger partial charge in [-0.1, -0.05) is 171 Å². The highest BCUT2D eigenvalue weighted by Crippen LogP contribution is 2.47. The molecule has 780 valence electrons. The van der Waals surface area contributed by atoms with E-state index in [1.165, 1.54) is 183 Å². The fraction of sp³-hybridized carbons (Fsp3) is 0.443. The molecule has 10 aromatic rings. The Morgan fingerprint density at radius 3 is 1.03 bits per heavy atom. The van der Waals surface area contributed by atoms with Crippen molar-refractivity contribution >= 4 is 81.9 Å². The number of hydrogen-bond acceptors (Lipinski definition) is 22. The molecular formula is C122H158N10O14. The van der Waals surface area contributed by atoms with Gasteiger partial charge in [-0.25, -0.2) is 9.59 Å². The minimum absolute atomic E-state index is 0.277. The summed E-state index contributed by atoms with van der Waals surface area (Å²) in [5, 5.41) is 18.3. The predicted octanol–water partition coefficient (Wildman–Crippen LogP) is 19.9. The number of nitrogen functional groups attached to an aromatic ring is 6. The number of fused-ring (bicyclic) bond motifs is 10. The third-order valence-corrected chi connectivity index (χ3v) is 30.1. The summed E-state index contributed by atoms with van der Waals surface area (Å²) < 4.78 is 18.8. The predicted molar refractivity (Wildman–Crippen MR) is 584 cm³/mol. The van der Waals surface area contributed by atoms with Crippen LogP contribution in [0.2, 0.25) is 0 Å². The van der Waals surface area contributed by atoms with Gasteiger partial charge in [0.2, 0.25) is 0 Å². The molecule has 24 nitrogen and oxygen atoms in total. The second-order valence-electron chi connectivity index (χ2n) is 42.2. The number of ether oxygens (including phenoxy) is 4. The number of carbonyl (C=O) groups is 8. The Balaban J connectivity index is 0.000000153. The van der Waals surface area contributed by atoms with Crippen LogP contribution in [-0.2, 0) is 138 Å². The van der Waals surface area contributed by atoms with Crippen molar-refractivity contribution in [2.45, 2.75) is 284 Å². The molecule has 2 saturated heterocycles. The molecule has 4 fully saturated rings. The molecule has 22 rings (SSSR count). The van der Waals surface area contributed by atoms with Gasteiger partial charge in [-0.15, -0.1) is 0 Å². The zero-order valence-electron chi connectivity index (χ0n) is 87.3. The number of anilines is 6. The molecule has 10 atom stereocenters. The number of aromatic carboxylic acids is 1. The number of cyclic esters (lactones) is 4. The average molecular weight is 1990 g/mol. The minimum Gasteiger partial charge on any atom is -0.481 e. The lowest BCUT2D eigenvalue weighted by Crippen LogP contribution is -2.36. The molecule has 0 bridgehead atoms. The van der Waals surface area contributed by atoms with Gasteiger partial charge in [-0.2, -0.15) is 0 Å². The lowest BCUT2D eigenvalue weighted by atomic mass is 9.70. The molecule has 0 spiro atoms. The number of aliphatic carboxylic acids is 1. The number of carbonyl (C=O) groups excluding carboxylic acids is 6. The number of benzene rings is 10. The van der Waals surface area contributed by atoms with Crippen LogP contribution in [0.5, 0.6) is 0 Å². The molecule has 22 N–H and O–H groups in total. The maximum Gasteiger partial charge on any atom is 0.338 e. The van der Waals surface area contributed by atoms with Crippen LogP contribution >= 0.6 is 0 Å². The molecule has 2 aliphatic heterocycles. The lowest BCUT2D eigenvalue weighted by Gasteiger charge is -2.29. The Bertz CT molecular complexity index is 5710. The first-order valence-electron chi connectivity index (χ1n) is 52.5. The topological polar surface area (TPSA) is 474 Å². The van der Waals surface area contributed by atoms with Crippen LogP contribution in [0.4, 0.5) is 34.1 Å². The SMILES string of the molecule is CC1CCC(N)CC1.CC1CCC(N)CC1.CC1CCc2cc(N)ccc2C1.CC1CCc2cc(N)ccc2C1.COC(=O)C1c2ccccc2CC2C(=O)OC(=O)C21.COC(=O)c1cc(N)cc2c1CCCC2.Cc1ccc(N)cc1.Cc1ccc(N)cc1.Cc1ccc2c(c1)CCC(N)C2.Cc1ccc2c(c1)CCC(N)C2.Nc1cc2c(c(C(=O)O)c1)CCCC2.O=C1OC(=O)C2C1Cc1ccccc1C2C(=O)O. The second kappa shape index (κ2) is 55.0. The van der Waals surface area contributed by atoms with E-state index in [4.69, 9.17) is 71.9 Å². The van der Waals surface area contributed by atoms with Gasteiger partial charge < -0.3 is 86.5 Å².